The van der Waals surface area contributed by atoms with Crippen LogP contribution in [0.1, 0.15) is 47.5 Å². The van der Waals surface area contributed by atoms with Crippen LogP contribution in [0.5, 0.6) is 0 Å². The minimum Gasteiger partial charge on any atom is -0.348 e. The zero-order valence-electron chi connectivity index (χ0n) is 12.4. The lowest BCUT2D eigenvalue weighted by atomic mass is 9.88. The maximum Gasteiger partial charge on any atom is 0.252 e. The molecule has 2 N–H and O–H groups in total. The Kier molecular flexibility index (Phi) is 4.13. The van der Waals surface area contributed by atoms with E-state index in [0.717, 1.165) is 43.8 Å². The van der Waals surface area contributed by atoms with Crippen molar-refractivity contribution < 1.29 is 4.79 Å². The van der Waals surface area contributed by atoms with Crippen LogP contribution in [-0.2, 0) is 12.8 Å². The first-order chi connectivity index (χ1) is 9.65. The normalized spacial score (nSPS) is 29.8. The minimum absolute atomic E-state index is 0.137. The maximum atomic E-state index is 12.5. The van der Waals surface area contributed by atoms with E-state index in [2.05, 4.69) is 29.9 Å². The van der Waals surface area contributed by atoms with Gasteiger partial charge in [0, 0.05) is 22.8 Å². The fraction of sp³-hybridized carbons (Fsp3) is 0.688. The number of nitrogens with one attached hydrogen (secondary N) is 2. The molecular formula is C16H24N2OS. The monoisotopic (exact) mass is 292 g/mol. The van der Waals surface area contributed by atoms with E-state index in [1.165, 1.54) is 16.9 Å². The van der Waals surface area contributed by atoms with Gasteiger partial charge in [-0.2, -0.15) is 0 Å². The summed E-state index contributed by atoms with van der Waals surface area (Å²) in [5.74, 6) is 1.46. The van der Waals surface area contributed by atoms with E-state index < -0.39 is 0 Å². The van der Waals surface area contributed by atoms with Gasteiger partial charge in [0.1, 0.15) is 0 Å². The minimum atomic E-state index is 0.137. The molecular weight excluding hydrogens is 268 g/mol. The van der Waals surface area contributed by atoms with Crippen molar-refractivity contribution in [1.29, 1.82) is 0 Å². The van der Waals surface area contributed by atoms with Crippen LogP contribution >= 0.6 is 11.3 Å². The van der Waals surface area contributed by atoms with Crippen molar-refractivity contribution in [3.05, 3.63) is 21.4 Å². The molecule has 1 amide bonds. The largest absolute Gasteiger partial charge is 0.348 e. The molecule has 1 aliphatic carbocycles. The molecule has 3 atom stereocenters. The lowest BCUT2D eigenvalue weighted by molar-refractivity contribution is 0.0914. The number of thiophene rings is 1. The number of hydrogen-bond acceptors (Lipinski definition) is 3. The summed E-state index contributed by atoms with van der Waals surface area (Å²) in [4.78, 5) is 14.0. The van der Waals surface area contributed by atoms with Gasteiger partial charge in [-0.3, -0.25) is 4.79 Å². The van der Waals surface area contributed by atoms with Crippen molar-refractivity contribution in [3.63, 3.8) is 0 Å². The van der Waals surface area contributed by atoms with E-state index in [1.54, 1.807) is 11.3 Å². The van der Waals surface area contributed by atoms with Crippen molar-refractivity contribution >= 4 is 17.2 Å². The van der Waals surface area contributed by atoms with Crippen molar-refractivity contribution in [2.75, 3.05) is 13.1 Å². The van der Waals surface area contributed by atoms with Gasteiger partial charge in [-0.15, -0.1) is 11.3 Å². The van der Waals surface area contributed by atoms with Crippen LogP contribution in [-0.4, -0.2) is 25.0 Å². The summed E-state index contributed by atoms with van der Waals surface area (Å²) in [6.45, 7) is 6.50. The van der Waals surface area contributed by atoms with Crippen molar-refractivity contribution in [2.45, 2.75) is 45.6 Å². The Morgan fingerprint density at radius 2 is 2.25 bits per heavy atom. The van der Waals surface area contributed by atoms with Crippen LogP contribution in [0, 0.1) is 11.8 Å². The summed E-state index contributed by atoms with van der Waals surface area (Å²) in [6, 6.07) is 0.273. The molecule has 3 unspecified atom stereocenters. The van der Waals surface area contributed by atoms with Gasteiger partial charge in [-0.25, -0.2) is 0 Å². The smallest absolute Gasteiger partial charge is 0.252 e. The standard InChI is InChI=1S/C16H24N2OS/c1-10-3-4-12-13(9-20-15(12)7-10)16(19)18-14-8-17-6-5-11(14)2/h9-11,14,17H,3-8H2,1-2H3,(H,18,19). The Morgan fingerprint density at radius 1 is 1.40 bits per heavy atom. The van der Waals surface area contributed by atoms with Crippen LogP contribution in [0.25, 0.3) is 0 Å². The summed E-state index contributed by atoms with van der Waals surface area (Å²) >= 11 is 1.77. The molecule has 3 rings (SSSR count). The fourth-order valence-electron chi connectivity index (χ4n) is 3.30. The van der Waals surface area contributed by atoms with E-state index >= 15 is 0 Å². The average Bonchev–Trinajstić information content (AvgIpc) is 2.84. The molecule has 110 valence electrons. The highest BCUT2D eigenvalue weighted by molar-refractivity contribution is 7.10. The van der Waals surface area contributed by atoms with E-state index in [1.807, 2.05) is 0 Å². The van der Waals surface area contributed by atoms with E-state index in [9.17, 15) is 4.79 Å². The van der Waals surface area contributed by atoms with E-state index in [-0.39, 0.29) is 11.9 Å². The third-order valence-corrected chi connectivity index (χ3v) is 5.84. The predicted molar refractivity (Wildman–Crippen MR) is 83.4 cm³/mol. The molecule has 1 aliphatic heterocycles. The zero-order chi connectivity index (χ0) is 14.1. The number of fused-ring (bicyclic) bond motifs is 1. The summed E-state index contributed by atoms with van der Waals surface area (Å²) in [5, 5.41) is 8.68. The Balaban J connectivity index is 1.71. The second-order valence-electron chi connectivity index (χ2n) is 6.45. The lowest BCUT2D eigenvalue weighted by Crippen LogP contribution is -2.50. The number of rotatable bonds is 2. The van der Waals surface area contributed by atoms with Gasteiger partial charge in [0.25, 0.3) is 5.91 Å². The van der Waals surface area contributed by atoms with Gasteiger partial charge in [-0.05, 0) is 49.6 Å². The topological polar surface area (TPSA) is 41.1 Å². The van der Waals surface area contributed by atoms with Gasteiger partial charge in [-0.1, -0.05) is 13.8 Å². The van der Waals surface area contributed by atoms with Gasteiger partial charge >= 0.3 is 0 Å². The highest BCUT2D eigenvalue weighted by atomic mass is 32.1. The number of piperidine rings is 1. The number of carbonyl (C=O) groups is 1. The molecule has 0 bridgehead atoms. The van der Waals surface area contributed by atoms with E-state index in [4.69, 9.17) is 0 Å². The predicted octanol–water partition coefficient (Wildman–Crippen LogP) is 2.60. The van der Waals surface area contributed by atoms with Crippen molar-refractivity contribution in [2.24, 2.45) is 11.8 Å². The first-order valence-electron chi connectivity index (χ1n) is 7.76. The molecule has 2 aliphatic rings. The second kappa shape index (κ2) is 5.86. The van der Waals surface area contributed by atoms with Crippen molar-refractivity contribution in [1.82, 2.24) is 10.6 Å². The SMILES string of the molecule is CC1CCc2c(C(=O)NC3CNCCC3C)csc2C1. The quantitative estimate of drug-likeness (QED) is 0.880. The molecule has 0 radical (unpaired) electrons. The van der Waals surface area contributed by atoms with Gasteiger partial charge in [0.05, 0.1) is 5.56 Å². The van der Waals surface area contributed by atoms with Gasteiger partial charge in [0.15, 0.2) is 0 Å². The lowest BCUT2D eigenvalue weighted by Gasteiger charge is -2.30. The van der Waals surface area contributed by atoms with Crippen LogP contribution < -0.4 is 10.6 Å². The Bertz CT molecular complexity index is 497. The van der Waals surface area contributed by atoms with Gasteiger partial charge in [0.2, 0.25) is 0 Å². The number of carbonyl (C=O) groups excluding carboxylic acids is 1. The van der Waals surface area contributed by atoms with Crippen molar-refractivity contribution in [3.8, 4) is 0 Å². The molecule has 3 nitrogen and oxygen atoms in total. The summed E-state index contributed by atoms with van der Waals surface area (Å²) in [7, 11) is 0. The molecule has 0 aromatic carbocycles. The third-order valence-electron chi connectivity index (χ3n) is 4.79. The molecule has 2 heterocycles. The fourth-order valence-corrected chi connectivity index (χ4v) is 4.54. The molecule has 1 saturated heterocycles. The summed E-state index contributed by atoms with van der Waals surface area (Å²) in [5.41, 5.74) is 2.26. The number of amides is 1. The second-order valence-corrected chi connectivity index (χ2v) is 7.41. The summed E-state index contributed by atoms with van der Waals surface area (Å²) < 4.78 is 0. The Hall–Kier alpha value is -0.870. The molecule has 1 aromatic rings. The Labute approximate surface area is 125 Å². The molecule has 0 spiro atoms. The summed E-state index contributed by atoms with van der Waals surface area (Å²) in [6.07, 6.45) is 4.57. The van der Waals surface area contributed by atoms with Crippen LogP contribution in [0.3, 0.4) is 0 Å². The van der Waals surface area contributed by atoms with Crippen LogP contribution in [0.4, 0.5) is 0 Å². The Morgan fingerprint density at radius 3 is 3.05 bits per heavy atom. The first kappa shape index (κ1) is 14.1. The molecule has 1 aromatic heterocycles. The van der Waals surface area contributed by atoms with Crippen LogP contribution in [0.2, 0.25) is 0 Å². The first-order valence-corrected chi connectivity index (χ1v) is 8.64. The van der Waals surface area contributed by atoms with Crippen LogP contribution in [0.15, 0.2) is 5.38 Å². The maximum absolute atomic E-state index is 12.5. The van der Waals surface area contributed by atoms with E-state index in [0.29, 0.717) is 5.92 Å². The molecule has 20 heavy (non-hydrogen) atoms. The zero-order valence-corrected chi connectivity index (χ0v) is 13.2. The number of hydrogen-bond donors (Lipinski definition) is 2. The van der Waals surface area contributed by atoms with Gasteiger partial charge < -0.3 is 10.6 Å². The average molecular weight is 292 g/mol. The molecule has 1 fully saturated rings. The molecule has 4 heteroatoms. The highest BCUT2D eigenvalue weighted by Gasteiger charge is 2.27. The highest BCUT2D eigenvalue weighted by Crippen LogP contribution is 2.32. The molecule has 0 saturated carbocycles. The third kappa shape index (κ3) is 2.77.